The number of hydrogen-bond donors (Lipinski definition) is 2. The summed E-state index contributed by atoms with van der Waals surface area (Å²) in [5.74, 6) is -0.576. The van der Waals surface area contributed by atoms with E-state index in [1.807, 2.05) is 0 Å². The van der Waals surface area contributed by atoms with Gasteiger partial charge in [-0.25, -0.2) is 8.78 Å². The van der Waals surface area contributed by atoms with Crippen LogP contribution >= 0.6 is 12.4 Å². The summed E-state index contributed by atoms with van der Waals surface area (Å²) in [6.45, 7) is 3.53. The van der Waals surface area contributed by atoms with Crippen molar-refractivity contribution in [1.29, 1.82) is 0 Å². The van der Waals surface area contributed by atoms with E-state index in [-0.39, 0.29) is 48.8 Å². The summed E-state index contributed by atoms with van der Waals surface area (Å²) in [6.07, 6.45) is 0. The number of aliphatic hydroxyl groups excluding tert-OH is 1. The number of nitrogens with one attached hydrogen (secondary N) is 1. The Hall–Kier alpha value is -1.53. The molecule has 25 heavy (non-hydrogen) atoms. The first kappa shape index (κ1) is 19.8. The van der Waals surface area contributed by atoms with Crippen LogP contribution in [0.1, 0.15) is 24.1 Å². The van der Waals surface area contributed by atoms with Crippen molar-refractivity contribution in [1.82, 2.24) is 10.2 Å². The molecule has 3 nitrogen and oxygen atoms in total. The molecule has 0 radical (unpaired) electrons. The number of rotatable bonds is 4. The zero-order valence-corrected chi connectivity index (χ0v) is 14.8. The Bertz CT molecular complexity index is 621. The average Bonchev–Trinajstić information content (AvgIpc) is 2.59. The van der Waals surface area contributed by atoms with E-state index in [0.717, 1.165) is 17.7 Å². The highest BCUT2D eigenvalue weighted by Crippen LogP contribution is 2.32. The summed E-state index contributed by atoms with van der Waals surface area (Å²) < 4.78 is 26.7. The van der Waals surface area contributed by atoms with E-state index in [9.17, 15) is 13.9 Å². The predicted octanol–water partition coefficient (Wildman–Crippen LogP) is 3.13. The van der Waals surface area contributed by atoms with Crippen LogP contribution in [0.15, 0.2) is 48.5 Å². The molecule has 1 fully saturated rings. The van der Waals surface area contributed by atoms with Gasteiger partial charge in [-0.1, -0.05) is 24.3 Å². The summed E-state index contributed by atoms with van der Waals surface area (Å²) in [6, 6.07) is 12.8. The third-order valence-corrected chi connectivity index (χ3v) is 4.57. The van der Waals surface area contributed by atoms with Crippen LogP contribution in [-0.2, 0) is 0 Å². The minimum Gasteiger partial charge on any atom is -0.395 e. The second-order valence-electron chi connectivity index (χ2n) is 6.35. The molecule has 1 aliphatic rings. The minimum atomic E-state index is -0.288. The Morgan fingerprint density at radius 1 is 1.04 bits per heavy atom. The first-order chi connectivity index (χ1) is 11.6. The maximum Gasteiger partial charge on any atom is 0.123 e. The number of aliphatic hydroxyl groups is 1. The van der Waals surface area contributed by atoms with E-state index in [2.05, 4.69) is 17.1 Å². The predicted molar refractivity (Wildman–Crippen MR) is 96.9 cm³/mol. The van der Waals surface area contributed by atoms with Gasteiger partial charge in [0.2, 0.25) is 0 Å². The molecule has 0 aromatic heterocycles. The Morgan fingerprint density at radius 3 is 1.96 bits per heavy atom. The van der Waals surface area contributed by atoms with Gasteiger partial charge in [-0.3, -0.25) is 4.90 Å². The fourth-order valence-electron chi connectivity index (χ4n) is 3.34. The van der Waals surface area contributed by atoms with Crippen molar-refractivity contribution in [3.8, 4) is 0 Å². The van der Waals surface area contributed by atoms with E-state index < -0.39 is 0 Å². The van der Waals surface area contributed by atoms with E-state index >= 15 is 0 Å². The van der Waals surface area contributed by atoms with E-state index in [0.29, 0.717) is 6.54 Å². The molecule has 0 unspecified atom stereocenters. The number of benzene rings is 2. The smallest absolute Gasteiger partial charge is 0.123 e. The van der Waals surface area contributed by atoms with Crippen LogP contribution in [0.5, 0.6) is 0 Å². The molecule has 1 aliphatic heterocycles. The molecule has 6 heteroatoms. The summed E-state index contributed by atoms with van der Waals surface area (Å²) in [5.41, 5.74) is 1.85. The molecule has 1 heterocycles. The highest BCUT2D eigenvalue weighted by atomic mass is 35.5. The van der Waals surface area contributed by atoms with Crippen LogP contribution in [0.3, 0.4) is 0 Å². The summed E-state index contributed by atoms with van der Waals surface area (Å²) in [5, 5.41) is 13.1. The number of hydrogen-bond acceptors (Lipinski definition) is 3. The van der Waals surface area contributed by atoms with Crippen LogP contribution in [-0.4, -0.2) is 41.8 Å². The van der Waals surface area contributed by atoms with Crippen molar-refractivity contribution in [3.05, 3.63) is 71.3 Å². The van der Waals surface area contributed by atoms with Crippen molar-refractivity contribution < 1.29 is 13.9 Å². The van der Waals surface area contributed by atoms with Gasteiger partial charge < -0.3 is 10.4 Å². The average molecular weight is 369 g/mol. The lowest BCUT2D eigenvalue weighted by Crippen LogP contribution is -2.57. The summed E-state index contributed by atoms with van der Waals surface area (Å²) in [4.78, 5) is 2.21. The first-order valence-corrected chi connectivity index (χ1v) is 8.19. The molecule has 3 rings (SSSR count). The molecule has 0 amide bonds. The van der Waals surface area contributed by atoms with Gasteiger partial charge in [-0.2, -0.15) is 0 Å². The molecule has 2 N–H and O–H groups in total. The Kier molecular flexibility index (Phi) is 6.90. The lowest BCUT2D eigenvalue weighted by atomic mass is 9.94. The van der Waals surface area contributed by atoms with Gasteiger partial charge >= 0.3 is 0 Å². The number of nitrogens with zero attached hydrogens (tertiary/aromatic N) is 1. The lowest BCUT2D eigenvalue weighted by Gasteiger charge is -2.43. The fourth-order valence-corrected chi connectivity index (χ4v) is 3.34. The fraction of sp³-hybridized carbons (Fsp3) is 0.368. The van der Waals surface area contributed by atoms with Crippen molar-refractivity contribution in [2.24, 2.45) is 0 Å². The second-order valence-corrected chi connectivity index (χ2v) is 6.35. The van der Waals surface area contributed by atoms with Crippen molar-refractivity contribution in [2.75, 3.05) is 19.7 Å². The van der Waals surface area contributed by atoms with Crippen LogP contribution in [0.4, 0.5) is 8.78 Å². The van der Waals surface area contributed by atoms with Crippen LogP contribution < -0.4 is 5.32 Å². The van der Waals surface area contributed by atoms with Crippen molar-refractivity contribution in [2.45, 2.75) is 25.0 Å². The maximum absolute atomic E-state index is 13.3. The molecule has 0 bridgehead atoms. The van der Waals surface area contributed by atoms with Crippen LogP contribution in [0, 0.1) is 11.6 Å². The number of halogens is 3. The molecule has 136 valence electrons. The molecular weight excluding hydrogens is 346 g/mol. The van der Waals surface area contributed by atoms with E-state index in [4.69, 9.17) is 0 Å². The van der Waals surface area contributed by atoms with Crippen LogP contribution in [0.25, 0.3) is 0 Å². The molecule has 2 aromatic carbocycles. The van der Waals surface area contributed by atoms with Gasteiger partial charge in [0.25, 0.3) is 0 Å². The monoisotopic (exact) mass is 368 g/mol. The molecule has 0 saturated carbocycles. The molecule has 0 spiro atoms. The third kappa shape index (κ3) is 4.55. The molecule has 1 saturated heterocycles. The molecular formula is C19H23ClF2N2O. The zero-order chi connectivity index (χ0) is 17.1. The summed E-state index contributed by atoms with van der Waals surface area (Å²) >= 11 is 0. The molecule has 2 atom stereocenters. The molecule has 0 aliphatic carbocycles. The van der Waals surface area contributed by atoms with Crippen molar-refractivity contribution >= 4 is 12.4 Å². The van der Waals surface area contributed by atoms with Crippen molar-refractivity contribution in [3.63, 3.8) is 0 Å². The standard InChI is InChI=1S/C19H22F2N2O.ClH/c1-13-11-23(18(12-24)10-22-13)19(14-2-6-16(20)7-3-14)15-4-8-17(21)9-5-15;/h2-9,13,18-19,22,24H,10-12H2,1H3;1H/t13-,18-;/m1./s1. The second kappa shape index (κ2) is 8.72. The van der Waals surface area contributed by atoms with Gasteiger partial charge in [-0.05, 0) is 42.3 Å². The van der Waals surface area contributed by atoms with Gasteiger partial charge in [0.05, 0.1) is 12.6 Å². The quantitative estimate of drug-likeness (QED) is 0.870. The Morgan fingerprint density at radius 2 is 1.52 bits per heavy atom. The van der Waals surface area contributed by atoms with Gasteiger partial charge in [-0.15, -0.1) is 12.4 Å². The largest absolute Gasteiger partial charge is 0.395 e. The molecule has 2 aromatic rings. The zero-order valence-electron chi connectivity index (χ0n) is 14.0. The normalized spacial score (nSPS) is 21.2. The lowest BCUT2D eigenvalue weighted by molar-refractivity contribution is 0.0602. The SMILES string of the molecule is C[C@@H]1CN(C(c2ccc(F)cc2)c2ccc(F)cc2)[C@@H](CO)CN1.Cl. The maximum atomic E-state index is 13.3. The third-order valence-electron chi connectivity index (χ3n) is 4.57. The minimum absolute atomic E-state index is 0. The van der Waals surface area contributed by atoms with E-state index in [1.54, 1.807) is 24.3 Å². The first-order valence-electron chi connectivity index (χ1n) is 8.19. The summed E-state index contributed by atoms with van der Waals surface area (Å²) in [7, 11) is 0. The van der Waals surface area contributed by atoms with Crippen LogP contribution in [0.2, 0.25) is 0 Å². The highest BCUT2D eigenvalue weighted by molar-refractivity contribution is 5.85. The highest BCUT2D eigenvalue weighted by Gasteiger charge is 2.32. The number of piperazine rings is 1. The topological polar surface area (TPSA) is 35.5 Å². The Labute approximate surface area is 153 Å². The Balaban J connectivity index is 0.00000225. The van der Waals surface area contributed by atoms with Gasteiger partial charge in [0.1, 0.15) is 11.6 Å². The van der Waals surface area contributed by atoms with Gasteiger partial charge in [0, 0.05) is 25.2 Å². The van der Waals surface area contributed by atoms with E-state index in [1.165, 1.54) is 24.3 Å². The van der Waals surface area contributed by atoms with Gasteiger partial charge in [0.15, 0.2) is 0 Å².